The molecule has 0 saturated carbocycles. The molecule has 2 N–H and O–H groups in total. The summed E-state index contributed by atoms with van der Waals surface area (Å²) in [6, 6.07) is 1.32. The molecule has 0 spiro atoms. The fourth-order valence-corrected chi connectivity index (χ4v) is 3.03. The second-order valence-electron chi connectivity index (χ2n) is 5.08. The van der Waals surface area contributed by atoms with Gasteiger partial charge < -0.3 is 14.2 Å². The number of aryl methyl sites for hydroxylation is 1. The van der Waals surface area contributed by atoms with E-state index in [1.807, 2.05) is 0 Å². The summed E-state index contributed by atoms with van der Waals surface area (Å²) in [7, 11) is -0.524. The first kappa shape index (κ1) is 15.0. The minimum absolute atomic E-state index is 0.0454. The predicted octanol–water partition coefficient (Wildman–Crippen LogP) is -0.219. The second-order valence-corrected chi connectivity index (χ2v) is 6.64. The number of rotatable bonds is 4. The summed E-state index contributed by atoms with van der Waals surface area (Å²) in [5, 5.41) is 5.07. The number of hydrogen-bond acceptors (Lipinski definition) is 4. The highest BCUT2D eigenvalue weighted by molar-refractivity contribution is 7.89. The Morgan fingerprint density at radius 2 is 2.25 bits per heavy atom. The van der Waals surface area contributed by atoms with Crippen LogP contribution in [0.4, 0.5) is 0 Å². The van der Waals surface area contributed by atoms with Crippen molar-refractivity contribution in [1.82, 2.24) is 9.47 Å². The van der Waals surface area contributed by atoms with Crippen LogP contribution in [-0.4, -0.2) is 50.6 Å². The zero-order valence-electron chi connectivity index (χ0n) is 11.6. The van der Waals surface area contributed by atoms with Crippen molar-refractivity contribution in [3.63, 3.8) is 0 Å². The quantitative estimate of drug-likeness (QED) is 0.832. The number of amides is 1. The zero-order chi connectivity index (χ0) is 14.9. The highest BCUT2D eigenvalue weighted by Crippen LogP contribution is 2.20. The number of nitrogens with zero attached hydrogens (tertiary/aromatic N) is 2. The molecule has 1 fully saturated rings. The number of likely N-dealkylation sites (tertiary alicyclic amines) is 1. The Kier molecular flexibility index (Phi) is 4.17. The van der Waals surface area contributed by atoms with E-state index in [0.717, 1.165) is 6.42 Å². The van der Waals surface area contributed by atoms with E-state index in [0.29, 0.717) is 31.3 Å². The first-order chi connectivity index (χ1) is 9.32. The molecule has 112 valence electrons. The zero-order valence-corrected chi connectivity index (χ0v) is 12.4. The van der Waals surface area contributed by atoms with Crippen molar-refractivity contribution in [1.29, 1.82) is 0 Å². The number of carbonyl (C=O) groups is 1. The third-order valence-electron chi connectivity index (χ3n) is 3.50. The highest BCUT2D eigenvalue weighted by atomic mass is 32.2. The van der Waals surface area contributed by atoms with Crippen LogP contribution < -0.4 is 5.14 Å². The maximum Gasteiger partial charge on any atom is 0.270 e. The van der Waals surface area contributed by atoms with Crippen LogP contribution in [0.1, 0.15) is 16.9 Å². The van der Waals surface area contributed by atoms with Gasteiger partial charge in [0.25, 0.3) is 5.91 Å². The minimum Gasteiger partial charge on any atom is -0.384 e. The average Bonchev–Trinajstić information content (AvgIpc) is 2.95. The summed E-state index contributed by atoms with van der Waals surface area (Å²) in [4.78, 5) is 14.1. The van der Waals surface area contributed by atoms with E-state index in [1.54, 1.807) is 19.1 Å². The molecule has 0 aliphatic carbocycles. The molecular weight excluding hydrogens is 282 g/mol. The highest BCUT2D eigenvalue weighted by Gasteiger charge is 2.29. The number of sulfonamides is 1. The number of ether oxygens (including phenoxy) is 1. The van der Waals surface area contributed by atoms with Gasteiger partial charge in [-0.2, -0.15) is 0 Å². The van der Waals surface area contributed by atoms with Gasteiger partial charge in [0.05, 0.1) is 6.61 Å². The molecule has 1 amide bonds. The summed E-state index contributed by atoms with van der Waals surface area (Å²) in [5.41, 5.74) is 0.326. The van der Waals surface area contributed by atoms with Gasteiger partial charge in [-0.15, -0.1) is 0 Å². The molecule has 1 aromatic rings. The topological polar surface area (TPSA) is 94.6 Å². The van der Waals surface area contributed by atoms with Gasteiger partial charge in [-0.05, 0) is 12.5 Å². The van der Waals surface area contributed by atoms with Gasteiger partial charge in [-0.1, -0.05) is 0 Å². The fourth-order valence-electron chi connectivity index (χ4n) is 2.45. The summed E-state index contributed by atoms with van der Waals surface area (Å²) < 4.78 is 29.2. The van der Waals surface area contributed by atoms with Gasteiger partial charge in [-0.25, -0.2) is 13.6 Å². The Morgan fingerprint density at radius 3 is 2.80 bits per heavy atom. The molecule has 20 heavy (non-hydrogen) atoms. The standard InChI is InChI=1S/C12H19N3O4S/c1-14-7-10(20(13,17)18)5-11(14)12(16)15-4-3-9(6-15)8-19-2/h5,7,9H,3-4,6,8H2,1-2H3,(H2,13,17,18). The maximum atomic E-state index is 12.4. The van der Waals surface area contributed by atoms with E-state index in [2.05, 4.69) is 0 Å². The molecule has 0 aromatic carbocycles. The van der Waals surface area contributed by atoms with Gasteiger partial charge in [-0.3, -0.25) is 4.79 Å². The number of hydrogen-bond donors (Lipinski definition) is 1. The molecule has 7 nitrogen and oxygen atoms in total. The maximum absolute atomic E-state index is 12.4. The number of primary sulfonamides is 1. The molecule has 1 saturated heterocycles. The SMILES string of the molecule is COCC1CCN(C(=O)c2cc(S(N)(=O)=O)cn2C)C1. The van der Waals surface area contributed by atoms with Crippen molar-refractivity contribution in [3.05, 3.63) is 18.0 Å². The predicted molar refractivity (Wildman–Crippen MR) is 72.7 cm³/mol. The van der Waals surface area contributed by atoms with Crippen LogP contribution in [0.15, 0.2) is 17.2 Å². The van der Waals surface area contributed by atoms with E-state index >= 15 is 0 Å². The number of carbonyl (C=O) groups excluding carboxylic acids is 1. The number of nitrogens with two attached hydrogens (primary N) is 1. The molecule has 0 radical (unpaired) electrons. The fraction of sp³-hybridized carbons (Fsp3) is 0.583. The molecule has 1 aliphatic heterocycles. The van der Waals surface area contributed by atoms with Crippen LogP contribution in [0.3, 0.4) is 0 Å². The van der Waals surface area contributed by atoms with E-state index in [-0.39, 0.29) is 10.8 Å². The van der Waals surface area contributed by atoms with Gasteiger partial charge in [0, 0.05) is 39.4 Å². The third kappa shape index (κ3) is 3.02. The summed E-state index contributed by atoms with van der Waals surface area (Å²) >= 11 is 0. The van der Waals surface area contributed by atoms with Crippen LogP contribution in [0.2, 0.25) is 0 Å². The van der Waals surface area contributed by atoms with E-state index in [4.69, 9.17) is 9.88 Å². The van der Waals surface area contributed by atoms with Crippen LogP contribution in [0, 0.1) is 5.92 Å². The molecule has 2 heterocycles. The Morgan fingerprint density at radius 1 is 1.55 bits per heavy atom. The van der Waals surface area contributed by atoms with Crippen molar-refractivity contribution in [3.8, 4) is 0 Å². The summed E-state index contributed by atoms with van der Waals surface area (Å²) in [6.07, 6.45) is 2.25. The molecule has 1 atom stereocenters. The lowest BCUT2D eigenvalue weighted by molar-refractivity contribution is 0.0766. The van der Waals surface area contributed by atoms with Crippen LogP contribution in [-0.2, 0) is 21.8 Å². The van der Waals surface area contributed by atoms with E-state index in [1.165, 1.54) is 16.8 Å². The van der Waals surface area contributed by atoms with E-state index in [9.17, 15) is 13.2 Å². The summed E-state index contributed by atoms with van der Waals surface area (Å²) in [5.74, 6) is 0.155. The molecular formula is C12H19N3O4S. The lowest BCUT2D eigenvalue weighted by Gasteiger charge is -2.16. The first-order valence-corrected chi connectivity index (χ1v) is 7.85. The molecule has 0 bridgehead atoms. The van der Waals surface area contributed by atoms with Crippen molar-refractivity contribution in [2.45, 2.75) is 11.3 Å². The smallest absolute Gasteiger partial charge is 0.270 e. The van der Waals surface area contributed by atoms with Crippen LogP contribution in [0.25, 0.3) is 0 Å². The monoisotopic (exact) mass is 301 g/mol. The Labute approximate surface area is 118 Å². The van der Waals surface area contributed by atoms with E-state index < -0.39 is 10.0 Å². The van der Waals surface area contributed by atoms with Gasteiger partial charge in [0.15, 0.2) is 0 Å². The van der Waals surface area contributed by atoms with Crippen LogP contribution in [0.5, 0.6) is 0 Å². The number of aromatic nitrogens is 1. The Hall–Kier alpha value is -1.38. The summed E-state index contributed by atoms with van der Waals surface area (Å²) in [6.45, 7) is 1.91. The van der Waals surface area contributed by atoms with Crippen molar-refractivity contribution < 1.29 is 17.9 Å². The first-order valence-electron chi connectivity index (χ1n) is 6.30. The van der Waals surface area contributed by atoms with Crippen molar-refractivity contribution >= 4 is 15.9 Å². The number of methoxy groups -OCH3 is 1. The second kappa shape index (κ2) is 5.55. The third-order valence-corrected chi connectivity index (χ3v) is 4.38. The van der Waals surface area contributed by atoms with Crippen molar-refractivity contribution in [2.75, 3.05) is 26.8 Å². The molecule has 1 unspecified atom stereocenters. The van der Waals surface area contributed by atoms with Gasteiger partial charge >= 0.3 is 0 Å². The molecule has 2 rings (SSSR count). The molecule has 8 heteroatoms. The molecule has 1 aromatic heterocycles. The Balaban J connectivity index is 2.16. The van der Waals surface area contributed by atoms with Gasteiger partial charge in [0.1, 0.15) is 10.6 Å². The lowest BCUT2D eigenvalue weighted by atomic mass is 10.1. The average molecular weight is 301 g/mol. The van der Waals surface area contributed by atoms with Gasteiger partial charge in [0.2, 0.25) is 10.0 Å². The van der Waals surface area contributed by atoms with Crippen molar-refractivity contribution in [2.24, 2.45) is 18.1 Å². The largest absolute Gasteiger partial charge is 0.384 e. The normalized spacial score (nSPS) is 19.6. The lowest BCUT2D eigenvalue weighted by Crippen LogP contribution is -2.30. The minimum atomic E-state index is -3.79. The van der Waals surface area contributed by atoms with Crippen LogP contribution >= 0.6 is 0 Å². The Bertz CT molecular complexity index is 608. The molecule has 1 aliphatic rings.